The zero-order valence-corrected chi connectivity index (χ0v) is 12.1. The highest BCUT2D eigenvalue weighted by Gasteiger charge is 2.30. The zero-order chi connectivity index (χ0) is 15.6. The second-order valence-corrected chi connectivity index (χ2v) is 7.17. The minimum atomic E-state index is -3.08. The van der Waals surface area contributed by atoms with Crippen LogP contribution in [0.5, 0.6) is 5.75 Å². The monoisotopic (exact) mass is 319 g/mol. The first kappa shape index (κ1) is 15.7. The summed E-state index contributed by atoms with van der Waals surface area (Å²) in [6.07, 6.45) is -0.579. The lowest BCUT2D eigenvalue weighted by Crippen LogP contribution is -2.43. The Morgan fingerprint density at radius 3 is 2.67 bits per heavy atom. The maximum Gasteiger partial charge on any atom is 0.261 e. The molecule has 21 heavy (non-hydrogen) atoms. The molecule has 0 saturated carbocycles. The Labute approximate surface area is 121 Å². The maximum atomic E-state index is 13.0. The number of sulfone groups is 1. The predicted molar refractivity (Wildman–Crippen MR) is 71.6 cm³/mol. The molecular weight excluding hydrogens is 304 g/mol. The van der Waals surface area contributed by atoms with Gasteiger partial charge in [0.2, 0.25) is 0 Å². The van der Waals surface area contributed by atoms with E-state index in [1.807, 2.05) is 0 Å². The molecule has 1 aliphatic rings. The van der Waals surface area contributed by atoms with E-state index in [0.717, 1.165) is 12.1 Å². The second kappa shape index (κ2) is 5.97. The SMILES string of the molecule is C[C@@H](Oc1ccc(F)c(F)c1)C(=O)N[C@@H]1CCS(=O)(=O)C1. The molecule has 2 rings (SSSR count). The molecule has 8 heteroatoms. The lowest BCUT2D eigenvalue weighted by molar-refractivity contribution is -0.127. The summed E-state index contributed by atoms with van der Waals surface area (Å²) in [6, 6.07) is 2.53. The Kier molecular flexibility index (Phi) is 4.46. The van der Waals surface area contributed by atoms with E-state index in [-0.39, 0.29) is 17.3 Å². The van der Waals surface area contributed by atoms with Gasteiger partial charge >= 0.3 is 0 Å². The summed E-state index contributed by atoms with van der Waals surface area (Å²) >= 11 is 0. The molecule has 116 valence electrons. The van der Waals surface area contributed by atoms with Gasteiger partial charge in [-0.05, 0) is 25.5 Å². The van der Waals surface area contributed by atoms with Gasteiger partial charge < -0.3 is 10.1 Å². The quantitative estimate of drug-likeness (QED) is 0.900. The number of halogens is 2. The Morgan fingerprint density at radius 2 is 2.10 bits per heavy atom. The first-order valence-corrected chi connectivity index (χ1v) is 8.21. The highest BCUT2D eigenvalue weighted by Crippen LogP contribution is 2.17. The fraction of sp³-hybridized carbons (Fsp3) is 0.462. The summed E-state index contributed by atoms with van der Waals surface area (Å²) in [6.45, 7) is 1.44. The summed E-state index contributed by atoms with van der Waals surface area (Å²) in [5.74, 6) is -2.58. The summed E-state index contributed by atoms with van der Waals surface area (Å²) in [5.41, 5.74) is 0. The van der Waals surface area contributed by atoms with Crippen molar-refractivity contribution in [2.75, 3.05) is 11.5 Å². The molecule has 0 aliphatic carbocycles. The Bertz CT molecular complexity index is 648. The van der Waals surface area contributed by atoms with Gasteiger partial charge in [0.15, 0.2) is 27.6 Å². The molecule has 2 atom stereocenters. The third-order valence-electron chi connectivity index (χ3n) is 3.15. The summed E-state index contributed by atoms with van der Waals surface area (Å²) in [5, 5.41) is 2.57. The average molecular weight is 319 g/mol. The van der Waals surface area contributed by atoms with Crippen molar-refractivity contribution in [1.82, 2.24) is 5.32 Å². The molecule has 1 aromatic carbocycles. The third-order valence-corrected chi connectivity index (χ3v) is 4.92. The minimum Gasteiger partial charge on any atom is -0.481 e. The van der Waals surface area contributed by atoms with Gasteiger partial charge in [-0.25, -0.2) is 17.2 Å². The smallest absolute Gasteiger partial charge is 0.261 e. The molecule has 5 nitrogen and oxygen atoms in total. The Balaban J connectivity index is 1.92. The average Bonchev–Trinajstić information content (AvgIpc) is 2.73. The van der Waals surface area contributed by atoms with Gasteiger partial charge in [0.05, 0.1) is 11.5 Å². The van der Waals surface area contributed by atoms with E-state index >= 15 is 0 Å². The fourth-order valence-corrected chi connectivity index (χ4v) is 3.71. The molecule has 0 spiro atoms. The zero-order valence-electron chi connectivity index (χ0n) is 11.3. The number of hydrogen-bond acceptors (Lipinski definition) is 4. The standard InChI is InChI=1S/C13H15F2NO4S/c1-8(20-10-2-3-11(14)12(15)6-10)13(17)16-9-4-5-21(18,19)7-9/h2-3,6,8-9H,4-5,7H2,1H3,(H,16,17)/t8-,9-/m1/s1. The van der Waals surface area contributed by atoms with Crippen molar-refractivity contribution in [3.05, 3.63) is 29.8 Å². The van der Waals surface area contributed by atoms with Gasteiger partial charge in [-0.2, -0.15) is 0 Å². The third kappa shape index (κ3) is 4.13. The number of amides is 1. The minimum absolute atomic E-state index is 0.0237. The fourth-order valence-electron chi connectivity index (χ4n) is 2.04. The van der Waals surface area contributed by atoms with Crippen LogP contribution in [0, 0.1) is 11.6 Å². The van der Waals surface area contributed by atoms with Crippen molar-refractivity contribution < 1.29 is 26.7 Å². The van der Waals surface area contributed by atoms with E-state index in [1.165, 1.54) is 13.0 Å². The van der Waals surface area contributed by atoms with E-state index < -0.39 is 39.5 Å². The van der Waals surface area contributed by atoms with Crippen LogP contribution in [-0.4, -0.2) is 38.0 Å². The van der Waals surface area contributed by atoms with Crippen LogP contribution in [0.15, 0.2) is 18.2 Å². The number of ether oxygens (including phenoxy) is 1. The van der Waals surface area contributed by atoms with E-state index in [0.29, 0.717) is 6.42 Å². The number of benzene rings is 1. The van der Waals surface area contributed by atoms with Crippen LogP contribution in [0.4, 0.5) is 8.78 Å². The van der Waals surface area contributed by atoms with Crippen molar-refractivity contribution in [2.24, 2.45) is 0 Å². The Morgan fingerprint density at radius 1 is 1.38 bits per heavy atom. The normalized spacial score (nSPS) is 21.8. The van der Waals surface area contributed by atoms with Crippen LogP contribution < -0.4 is 10.1 Å². The van der Waals surface area contributed by atoms with E-state index in [1.54, 1.807) is 0 Å². The van der Waals surface area contributed by atoms with Crippen molar-refractivity contribution in [3.8, 4) is 5.75 Å². The molecule has 0 unspecified atom stereocenters. The van der Waals surface area contributed by atoms with Crippen LogP contribution in [0.1, 0.15) is 13.3 Å². The van der Waals surface area contributed by atoms with Gasteiger partial charge in [0, 0.05) is 12.1 Å². The molecule has 0 bridgehead atoms. The largest absolute Gasteiger partial charge is 0.481 e. The Hall–Kier alpha value is -1.70. The molecule has 1 fully saturated rings. The number of carbonyl (C=O) groups excluding carboxylic acids is 1. The predicted octanol–water partition coefficient (Wildman–Crippen LogP) is 1.04. The van der Waals surface area contributed by atoms with E-state index in [9.17, 15) is 22.0 Å². The summed E-state index contributed by atoms with van der Waals surface area (Å²) in [7, 11) is -3.08. The van der Waals surface area contributed by atoms with Crippen molar-refractivity contribution in [1.29, 1.82) is 0 Å². The number of hydrogen-bond donors (Lipinski definition) is 1. The molecule has 1 N–H and O–H groups in total. The van der Waals surface area contributed by atoms with Crippen LogP contribution in [0.2, 0.25) is 0 Å². The van der Waals surface area contributed by atoms with Crippen molar-refractivity contribution >= 4 is 15.7 Å². The maximum absolute atomic E-state index is 13.0. The van der Waals surface area contributed by atoms with Gasteiger partial charge in [-0.3, -0.25) is 4.79 Å². The first-order valence-electron chi connectivity index (χ1n) is 6.39. The van der Waals surface area contributed by atoms with Gasteiger partial charge in [0.25, 0.3) is 5.91 Å². The van der Waals surface area contributed by atoms with Crippen molar-refractivity contribution in [3.63, 3.8) is 0 Å². The van der Waals surface area contributed by atoms with Crippen molar-refractivity contribution in [2.45, 2.75) is 25.5 Å². The molecule has 1 heterocycles. The summed E-state index contributed by atoms with van der Waals surface area (Å²) in [4.78, 5) is 11.9. The highest BCUT2D eigenvalue weighted by molar-refractivity contribution is 7.91. The first-order chi connectivity index (χ1) is 9.77. The molecule has 1 aromatic rings. The highest BCUT2D eigenvalue weighted by atomic mass is 32.2. The molecule has 1 amide bonds. The summed E-state index contributed by atoms with van der Waals surface area (Å²) < 4.78 is 53.6. The van der Waals surface area contributed by atoms with E-state index in [4.69, 9.17) is 4.74 Å². The molecule has 1 aliphatic heterocycles. The number of nitrogens with one attached hydrogen (secondary N) is 1. The van der Waals surface area contributed by atoms with E-state index in [2.05, 4.69) is 5.32 Å². The lowest BCUT2D eigenvalue weighted by Gasteiger charge is -2.17. The second-order valence-electron chi connectivity index (χ2n) is 4.94. The molecular formula is C13H15F2NO4S. The number of carbonyl (C=O) groups is 1. The van der Waals surface area contributed by atoms with Crippen LogP contribution in [0.3, 0.4) is 0 Å². The van der Waals surface area contributed by atoms with Crippen LogP contribution in [-0.2, 0) is 14.6 Å². The van der Waals surface area contributed by atoms with Gasteiger partial charge in [0.1, 0.15) is 5.75 Å². The molecule has 0 radical (unpaired) electrons. The van der Waals surface area contributed by atoms with Gasteiger partial charge in [-0.15, -0.1) is 0 Å². The molecule has 0 aromatic heterocycles. The molecule has 1 saturated heterocycles. The topological polar surface area (TPSA) is 72.5 Å². The van der Waals surface area contributed by atoms with Crippen LogP contribution >= 0.6 is 0 Å². The van der Waals surface area contributed by atoms with Gasteiger partial charge in [-0.1, -0.05) is 0 Å². The number of rotatable bonds is 4. The lowest BCUT2D eigenvalue weighted by atomic mass is 10.2. The van der Waals surface area contributed by atoms with Crippen LogP contribution in [0.25, 0.3) is 0 Å².